The standard InChI is InChI=1S/C38H48O14/c1-18-16-38(52-25(8)43)28(30(18)47-21(4)39)31(48-22(5)40)19(2)32(49-23(6)41)33(51-35(45)26-14-12-11-13-15-26)34(50-24(7)42)36(9,10)27-17-37(38,46)20(3)29(27)44/h11-15,18,20,27-28,30-34,46H,2,16-17H2,1,3-10H3/t18-,20+,27-,28+,30-,31-,32-,33+,34+,37-,38+/m0/s1. The van der Waals surface area contributed by atoms with E-state index in [1.165, 1.54) is 19.1 Å². The SMILES string of the molecule is C=C1[C@H](OC(C)=O)[C@@H](OC(=O)c2ccccc2)[C@@H](OC(C)=O)C(C)(C)[C@H]2C[C@](O)([C@H](C)C2=O)[C@@]2(OC(C)=O)C[C@H](C)[C@H](OC(C)=O)[C@@H]2[C@H]1OC(C)=O. The van der Waals surface area contributed by atoms with Gasteiger partial charge in [-0.2, -0.15) is 0 Å². The lowest BCUT2D eigenvalue weighted by molar-refractivity contribution is -0.233. The van der Waals surface area contributed by atoms with Crippen molar-refractivity contribution in [3.8, 4) is 0 Å². The lowest BCUT2D eigenvalue weighted by atomic mass is 9.66. The summed E-state index contributed by atoms with van der Waals surface area (Å²) in [7, 11) is 0. The highest BCUT2D eigenvalue weighted by atomic mass is 16.6. The molecule has 0 amide bonds. The van der Waals surface area contributed by atoms with E-state index in [9.17, 15) is 38.7 Å². The molecule has 0 aromatic heterocycles. The monoisotopic (exact) mass is 728 g/mol. The van der Waals surface area contributed by atoms with Gasteiger partial charge in [0.15, 0.2) is 17.8 Å². The first-order chi connectivity index (χ1) is 24.1. The average Bonchev–Trinajstić information content (AvgIpc) is 3.45. The normalized spacial score (nSPS) is 35.2. The summed E-state index contributed by atoms with van der Waals surface area (Å²) in [6.45, 7) is 16.0. The van der Waals surface area contributed by atoms with Crippen molar-refractivity contribution < 1.29 is 67.1 Å². The molecule has 0 heterocycles. The third kappa shape index (κ3) is 7.22. The van der Waals surface area contributed by atoms with Gasteiger partial charge in [-0.15, -0.1) is 0 Å². The van der Waals surface area contributed by atoms with E-state index in [1.54, 1.807) is 39.0 Å². The quantitative estimate of drug-likeness (QED) is 0.244. The second-order valence-electron chi connectivity index (χ2n) is 14.8. The fourth-order valence-electron chi connectivity index (χ4n) is 8.68. The Hall–Kier alpha value is -4.59. The molecule has 284 valence electrons. The number of hydrogen-bond donors (Lipinski definition) is 1. The number of carbonyl (C=O) groups excluding carboxylic acids is 7. The van der Waals surface area contributed by atoms with Gasteiger partial charge < -0.3 is 33.5 Å². The van der Waals surface area contributed by atoms with E-state index in [-0.39, 0.29) is 24.0 Å². The van der Waals surface area contributed by atoms with E-state index in [0.717, 1.165) is 34.6 Å². The van der Waals surface area contributed by atoms with Crippen molar-refractivity contribution in [2.24, 2.45) is 29.1 Å². The van der Waals surface area contributed by atoms with Gasteiger partial charge in [0.05, 0.1) is 11.5 Å². The minimum Gasteiger partial charge on any atom is -0.462 e. The Morgan fingerprint density at radius 1 is 0.731 bits per heavy atom. The molecule has 0 saturated heterocycles. The number of esters is 6. The number of aliphatic hydroxyl groups is 1. The third-order valence-corrected chi connectivity index (χ3v) is 10.9. The summed E-state index contributed by atoms with van der Waals surface area (Å²) in [6.07, 6.45) is -8.54. The van der Waals surface area contributed by atoms with Crippen LogP contribution in [0.4, 0.5) is 0 Å². The maximum atomic E-state index is 14.5. The molecule has 0 radical (unpaired) electrons. The molecule has 52 heavy (non-hydrogen) atoms. The molecule has 11 atom stereocenters. The van der Waals surface area contributed by atoms with Crippen molar-refractivity contribution in [3.63, 3.8) is 0 Å². The Balaban J connectivity index is 2.16. The van der Waals surface area contributed by atoms with E-state index in [1.807, 2.05) is 0 Å². The molecule has 1 N–H and O–H groups in total. The third-order valence-electron chi connectivity index (χ3n) is 10.9. The summed E-state index contributed by atoms with van der Waals surface area (Å²) >= 11 is 0. The Morgan fingerprint density at radius 3 is 1.79 bits per heavy atom. The van der Waals surface area contributed by atoms with Crippen molar-refractivity contribution in [1.82, 2.24) is 0 Å². The first-order valence-electron chi connectivity index (χ1n) is 17.2. The molecule has 14 nitrogen and oxygen atoms in total. The predicted octanol–water partition coefficient (Wildman–Crippen LogP) is 3.45. The van der Waals surface area contributed by atoms with Crippen LogP contribution < -0.4 is 0 Å². The Morgan fingerprint density at radius 2 is 1.27 bits per heavy atom. The fourth-order valence-corrected chi connectivity index (χ4v) is 8.68. The van der Waals surface area contributed by atoms with Crippen LogP contribution in [0.15, 0.2) is 42.5 Å². The first-order valence-corrected chi connectivity index (χ1v) is 17.2. The van der Waals surface area contributed by atoms with Crippen molar-refractivity contribution in [2.45, 2.75) is 117 Å². The van der Waals surface area contributed by atoms with Gasteiger partial charge in [-0.25, -0.2) is 4.79 Å². The van der Waals surface area contributed by atoms with Gasteiger partial charge >= 0.3 is 35.8 Å². The Labute approximate surface area is 302 Å². The summed E-state index contributed by atoms with van der Waals surface area (Å²) in [4.78, 5) is 92.9. The number of ether oxygens (including phenoxy) is 6. The van der Waals surface area contributed by atoms with Crippen LogP contribution in [0.5, 0.6) is 0 Å². The Kier molecular flexibility index (Phi) is 11.4. The molecule has 14 heteroatoms. The second kappa shape index (κ2) is 14.8. The van der Waals surface area contributed by atoms with Gasteiger partial charge in [0.1, 0.15) is 29.7 Å². The zero-order valence-electron chi connectivity index (χ0n) is 31.0. The van der Waals surface area contributed by atoms with E-state index >= 15 is 0 Å². The first kappa shape index (κ1) is 40.2. The summed E-state index contributed by atoms with van der Waals surface area (Å²) in [5.41, 5.74) is -5.96. The fraction of sp³-hybridized carbons (Fsp3) is 0.605. The average molecular weight is 729 g/mol. The number of carbonyl (C=O) groups is 7. The molecule has 0 unspecified atom stereocenters. The van der Waals surface area contributed by atoms with Crippen molar-refractivity contribution in [1.29, 1.82) is 0 Å². The maximum Gasteiger partial charge on any atom is 0.338 e. The van der Waals surface area contributed by atoms with Crippen LogP contribution in [0.25, 0.3) is 0 Å². The summed E-state index contributed by atoms with van der Waals surface area (Å²) in [6, 6.07) is 7.79. The molecule has 3 aliphatic carbocycles. The zero-order valence-corrected chi connectivity index (χ0v) is 31.0. The lowest BCUT2D eigenvalue weighted by Gasteiger charge is -2.50. The number of rotatable bonds is 7. The number of ketones is 1. The van der Waals surface area contributed by atoms with Gasteiger partial charge in [-0.3, -0.25) is 28.8 Å². The second-order valence-corrected chi connectivity index (χ2v) is 14.8. The minimum absolute atomic E-state index is 0.0771. The van der Waals surface area contributed by atoms with Crippen LogP contribution in [0.2, 0.25) is 0 Å². The van der Waals surface area contributed by atoms with E-state index in [4.69, 9.17) is 28.4 Å². The number of Topliss-reactive ketones (excluding diaryl/α,β-unsaturated/α-hetero) is 1. The topological polar surface area (TPSA) is 195 Å². The highest BCUT2D eigenvalue weighted by molar-refractivity contribution is 5.90. The summed E-state index contributed by atoms with van der Waals surface area (Å²) in [5.74, 6) is -10.2. The van der Waals surface area contributed by atoms with E-state index in [2.05, 4.69) is 6.58 Å². The van der Waals surface area contributed by atoms with Crippen LogP contribution in [0.1, 0.15) is 85.5 Å². The van der Waals surface area contributed by atoms with E-state index in [0.29, 0.717) is 0 Å². The molecule has 1 aromatic carbocycles. The molecule has 2 bridgehead atoms. The molecule has 3 fully saturated rings. The molecule has 3 saturated carbocycles. The highest BCUT2D eigenvalue weighted by Gasteiger charge is 2.75. The number of fused-ring (bicyclic) bond motifs is 4. The van der Waals surface area contributed by atoms with Crippen molar-refractivity contribution in [2.75, 3.05) is 0 Å². The highest BCUT2D eigenvalue weighted by Crippen LogP contribution is 2.62. The van der Waals surface area contributed by atoms with Crippen LogP contribution in [-0.4, -0.2) is 88.4 Å². The van der Waals surface area contributed by atoms with Gasteiger partial charge in [0.2, 0.25) is 0 Å². The van der Waals surface area contributed by atoms with E-state index < -0.39 is 112 Å². The van der Waals surface area contributed by atoms with Gasteiger partial charge in [0.25, 0.3) is 0 Å². The lowest BCUT2D eigenvalue weighted by Crippen LogP contribution is -2.65. The maximum absolute atomic E-state index is 14.5. The largest absolute Gasteiger partial charge is 0.462 e. The molecule has 0 spiro atoms. The number of hydrogen-bond acceptors (Lipinski definition) is 14. The predicted molar refractivity (Wildman–Crippen MR) is 180 cm³/mol. The van der Waals surface area contributed by atoms with Gasteiger partial charge in [-0.1, -0.05) is 52.5 Å². The van der Waals surface area contributed by atoms with Crippen LogP contribution in [-0.2, 0) is 57.2 Å². The summed E-state index contributed by atoms with van der Waals surface area (Å²) in [5, 5.41) is 13.0. The molecule has 0 aliphatic heterocycles. The molecule has 3 aliphatic rings. The summed E-state index contributed by atoms with van der Waals surface area (Å²) < 4.78 is 35.8. The smallest absolute Gasteiger partial charge is 0.338 e. The Bertz CT molecular complexity index is 1630. The van der Waals surface area contributed by atoms with Crippen LogP contribution in [0.3, 0.4) is 0 Å². The van der Waals surface area contributed by atoms with Gasteiger partial charge in [-0.05, 0) is 30.9 Å². The van der Waals surface area contributed by atoms with Gasteiger partial charge in [0, 0.05) is 57.4 Å². The number of benzene rings is 1. The molecule has 4 rings (SSSR count). The molecule has 1 aromatic rings. The van der Waals surface area contributed by atoms with Crippen LogP contribution >= 0.6 is 0 Å². The van der Waals surface area contributed by atoms with Crippen molar-refractivity contribution >= 4 is 41.6 Å². The van der Waals surface area contributed by atoms with Crippen molar-refractivity contribution in [3.05, 3.63) is 48.0 Å². The molecular formula is C38H48O14. The zero-order chi connectivity index (χ0) is 39.1. The van der Waals surface area contributed by atoms with Crippen LogP contribution in [0, 0.1) is 29.1 Å². The molecular weight excluding hydrogens is 680 g/mol. The minimum atomic E-state index is -2.21.